The zero-order chi connectivity index (χ0) is 13.7. The molecule has 0 aliphatic rings. The number of aliphatic hydroxyl groups is 1. The Morgan fingerprint density at radius 3 is 2.84 bits per heavy atom. The standard InChI is InChI=1S/C16H22N2O/c1-3-10-18-12-15(11-17-18)16(19)9-8-14-7-5-4-6-13(14)2/h4-7,11-12,16,19H,3,8-10H2,1-2H3. The highest BCUT2D eigenvalue weighted by Crippen LogP contribution is 2.20. The van der Waals surface area contributed by atoms with Gasteiger partial charge in [-0.2, -0.15) is 5.10 Å². The van der Waals surface area contributed by atoms with E-state index in [0.29, 0.717) is 0 Å². The van der Waals surface area contributed by atoms with Gasteiger partial charge in [0, 0.05) is 18.3 Å². The number of aliphatic hydroxyl groups excluding tert-OH is 1. The quantitative estimate of drug-likeness (QED) is 0.863. The first-order chi connectivity index (χ1) is 9.20. The minimum atomic E-state index is -0.426. The van der Waals surface area contributed by atoms with Gasteiger partial charge in [0.15, 0.2) is 0 Å². The van der Waals surface area contributed by atoms with Gasteiger partial charge in [-0.15, -0.1) is 0 Å². The average Bonchev–Trinajstić information content (AvgIpc) is 2.87. The molecule has 1 N–H and O–H groups in total. The molecule has 0 saturated heterocycles. The highest BCUT2D eigenvalue weighted by molar-refractivity contribution is 5.25. The van der Waals surface area contributed by atoms with Gasteiger partial charge in [0.2, 0.25) is 0 Å². The van der Waals surface area contributed by atoms with Gasteiger partial charge in [0.05, 0.1) is 12.3 Å². The summed E-state index contributed by atoms with van der Waals surface area (Å²) in [6, 6.07) is 8.33. The van der Waals surface area contributed by atoms with Crippen molar-refractivity contribution in [3.05, 3.63) is 53.3 Å². The van der Waals surface area contributed by atoms with E-state index in [0.717, 1.165) is 31.4 Å². The van der Waals surface area contributed by atoms with Crippen LogP contribution in [0.2, 0.25) is 0 Å². The third kappa shape index (κ3) is 3.67. The van der Waals surface area contributed by atoms with E-state index >= 15 is 0 Å². The molecule has 19 heavy (non-hydrogen) atoms. The highest BCUT2D eigenvalue weighted by Gasteiger charge is 2.10. The largest absolute Gasteiger partial charge is 0.388 e. The van der Waals surface area contributed by atoms with Crippen LogP contribution in [0.4, 0.5) is 0 Å². The minimum Gasteiger partial charge on any atom is -0.388 e. The summed E-state index contributed by atoms with van der Waals surface area (Å²) in [4.78, 5) is 0. The smallest absolute Gasteiger partial charge is 0.0823 e. The van der Waals surface area contributed by atoms with Crippen molar-refractivity contribution in [2.45, 2.75) is 45.8 Å². The molecule has 1 atom stereocenters. The SMILES string of the molecule is CCCn1cc(C(O)CCc2ccccc2C)cn1. The predicted octanol–water partition coefficient (Wildman–Crippen LogP) is 3.27. The predicted molar refractivity (Wildman–Crippen MR) is 77.0 cm³/mol. The van der Waals surface area contributed by atoms with E-state index < -0.39 is 6.10 Å². The molecule has 102 valence electrons. The van der Waals surface area contributed by atoms with Crippen molar-refractivity contribution in [2.24, 2.45) is 0 Å². The number of hydrogen-bond acceptors (Lipinski definition) is 2. The molecule has 0 saturated carbocycles. The highest BCUT2D eigenvalue weighted by atomic mass is 16.3. The molecule has 1 unspecified atom stereocenters. The monoisotopic (exact) mass is 258 g/mol. The van der Waals surface area contributed by atoms with Crippen molar-refractivity contribution in [1.29, 1.82) is 0 Å². The first-order valence-electron chi connectivity index (χ1n) is 6.95. The van der Waals surface area contributed by atoms with Crippen LogP contribution >= 0.6 is 0 Å². The van der Waals surface area contributed by atoms with Gasteiger partial charge in [-0.05, 0) is 37.3 Å². The normalized spacial score (nSPS) is 12.6. The maximum atomic E-state index is 10.2. The first kappa shape index (κ1) is 13.8. The Hall–Kier alpha value is -1.61. The Kier molecular flexibility index (Phi) is 4.74. The Balaban J connectivity index is 1.93. The van der Waals surface area contributed by atoms with Crippen LogP contribution in [0.25, 0.3) is 0 Å². The second kappa shape index (κ2) is 6.53. The zero-order valence-corrected chi connectivity index (χ0v) is 11.7. The van der Waals surface area contributed by atoms with E-state index in [9.17, 15) is 5.11 Å². The van der Waals surface area contributed by atoms with Gasteiger partial charge >= 0.3 is 0 Å². The second-order valence-corrected chi connectivity index (χ2v) is 5.02. The van der Waals surface area contributed by atoms with Gasteiger partial charge in [-0.3, -0.25) is 4.68 Å². The molecule has 0 aliphatic heterocycles. The lowest BCUT2D eigenvalue weighted by Gasteiger charge is -2.10. The molecule has 3 nitrogen and oxygen atoms in total. The van der Waals surface area contributed by atoms with Crippen LogP contribution in [0.5, 0.6) is 0 Å². The molecule has 2 aromatic rings. The molecule has 3 heteroatoms. The summed E-state index contributed by atoms with van der Waals surface area (Å²) in [6.45, 7) is 5.14. The summed E-state index contributed by atoms with van der Waals surface area (Å²) in [7, 11) is 0. The van der Waals surface area contributed by atoms with Crippen molar-refractivity contribution in [2.75, 3.05) is 0 Å². The van der Waals surface area contributed by atoms with Crippen LogP contribution in [0.3, 0.4) is 0 Å². The number of aromatic nitrogens is 2. The van der Waals surface area contributed by atoms with Gasteiger partial charge < -0.3 is 5.11 Å². The summed E-state index contributed by atoms with van der Waals surface area (Å²) in [5.74, 6) is 0. The van der Waals surface area contributed by atoms with Crippen LogP contribution in [0, 0.1) is 6.92 Å². The van der Waals surface area contributed by atoms with E-state index in [1.165, 1.54) is 11.1 Å². The van der Waals surface area contributed by atoms with Gasteiger partial charge in [0.25, 0.3) is 0 Å². The molecule has 1 heterocycles. The van der Waals surface area contributed by atoms with E-state index in [1.54, 1.807) is 6.20 Å². The molecule has 1 aromatic heterocycles. The number of hydrogen-bond donors (Lipinski definition) is 1. The lowest BCUT2D eigenvalue weighted by Crippen LogP contribution is -2.00. The molecule has 0 radical (unpaired) electrons. The number of aryl methyl sites for hydroxylation is 3. The Labute approximate surface area is 114 Å². The van der Waals surface area contributed by atoms with Crippen molar-refractivity contribution < 1.29 is 5.11 Å². The third-order valence-corrected chi connectivity index (χ3v) is 3.44. The summed E-state index contributed by atoms with van der Waals surface area (Å²) < 4.78 is 1.90. The second-order valence-electron chi connectivity index (χ2n) is 5.02. The zero-order valence-electron chi connectivity index (χ0n) is 11.7. The van der Waals surface area contributed by atoms with Gasteiger partial charge in [0.1, 0.15) is 0 Å². The fourth-order valence-electron chi connectivity index (χ4n) is 2.25. The third-order valence-electron chi connectivity index (χ3n) is 3.44. The summed E-state index contributed by atoms with van der Waals surface area (Å²) in [6.07, 6.45) is 5.99. The lowest BCUT2D eigenvalue weighted by atomic mass is 10.0. The maximum absolute atomic E-state index is 10.2. The van der Waals surface area contributed by atoms with Crippen LogP contribution in [-0.4, -0.2) is 14.9 Å². The van der Waals surface area contributed by atoms with E-state index in [1.807, 2.05) is 23.0 Å². The summed E-state index contributed by atoms with van der Waals surface area (Å²) in [5.41, 5.74) is 3.51. The molecular formula is C16H22N2O. The van der Waals surface area contributed by atoms with Crippen molar-refractivity contribution in [3.63, 3.8) is 0 Å². The van der Waals surface area contributed by atoms with Crippen molar-refractivity contribution in [1.82, 2.24) is 9.78 Å². The lowest BCUT2D eigenvalue weighted by molar-refractivity contribution is 0.167. The fraction of sp³-hybridized carbons (Fsp3) is 0.438. The fourth-order valence-corrected chi connectivity index (χ4v) is 2.25. The Morgan fingerprint density at radius 1 is 1.32 bits per heavy atom. The van der Waals surface area contributed by atoms with Crippen LogP contribution in [0.1, 0.15) is 42.6 Å². The molecule has 0 aliphatic carbocycles. The molecule has 0 bridgehead atoms. The molecule has 2 rings (SSSR count). The molecular weight excluding hydrogens is 236 g/mol. The molecule has 0 spiro atoms. The van der Waals surface area contributed by atoms with E-state index in [2.05, 4.69) is 31.1 Å². The Morgan fingerprint density at radius 2 is 2.11 bits per heavy atom. The van der Waals surface area contributed by atoms with Gasteiger partial charge in [-0.1, -0.05) is 31.2 Å². The summed E-state index contributed by atoms with van der Waals surface area (Å²) in [5, 5.41) is 14.5. The van der Waals surface area contributed by atoms with Crippen molar-refractivity contribution >= 4 is 0 Å². The molecule has 1 aromatic carbocycles. The van der Waals surface area contributed by atoms with Crippen LogP contribution in [-0.2, 0) is 13.0 Å². The van der Waals surface area contributed by atoms with E-state index in [4.69, 9.17) is 0 Å². The van der Waals surface area contributed by atoms with Crippen molar-refractivity contribution in [3.8, 4) is 0 Å². The van der Waals surface area contributed by atoms with Crippen LogP contribution in [0.15, 0.2) is 36.7 Å². The van der Waals surface area contributed by atoms with E-state index in [-0.39, 0.29) is 0 Å². The maximum Gasteiger partial charge on any atom is 0.0823 e. The van der Waals surface area contributed by atoms with Crippen LogP contribution < -0.4 is 0 Å². The number of rotatable bonds is 6. The van der Waals surface area contributed by atoms with Gasteiger partial charge in [-0.25, -0.2) is 0 Å². The molecule has 0 fully saturated rings. The number of benzene rings is 1. The first-order valence-corrected chi connectivity index (χ1v) is 6.95. The minimum absolute atomic E-state index is 0.426. The molecule has 0 amide bonds. The topological polar surface area (TPSA) is 38.0 Å². The number of nitrogens with zero attached hydrogens (tertiary/aromatic N) is 2. The average molecular weight is 258 g/mol. The Bertz CT molecular complexity index is 519. The summed E-state index contributed by atoms with van der Waals surface area (Å²) >= 11 is 0.